The van der Waals surface area contributed by atoms with Crippen molar-refractivity contribution < 1.29 is 18.3 Å². The fraction of sp³-hybridized carbons (Fsp3) is 0.235. The molecule has 1 aliphatic heterocycles. The number of sulfonamides is 1. The minimum atomic E-state index is -3.61. The van der Waals surface area contributed by atoms with Gasteiger partial charge in [-0.25, -0.2) is 8.42 Å². The molecule has 126 valence electrons. The Hall–Kier alpha value is -1.86. The van der Waals surface area contributed by atoms with Gasteiger partial charge in [-0.3, -0.25) is 9.10 Å². The molecule has 3 rings (SSSR count). The summed E-state index contributed by atoms with van der Waals surface area (Å²) in [7, 11) is -3.61. The first-order chi connectivity index (χ1) is 11.4. The third kappa shape index (κ3) is 3.32. The van der Waals surface area contributed by atoms with Gasteiger partial charge in [0, 0.05) is 17.4 Å². The summed E-state index contributed by atoms with van der Waals surface area (Å²) in [6, 6.07) is 12.0. The molecule has 2 aromatic carbocycles. The minimum absolute atomic E-state index is 0.0282. The molecular weight excluding hydrogens is 394 g/mol. The van der Waals surface area contributed by atoms with Gasteiger partial charge in [-0.2, -0.15) is 0 Å². The topological polar surface area (TPSA) is 74.7 Å². The first-order valence-corrected chi connectivity index (χ1v) is 9.73. The number of halogens is 1. The Balaban J connectivity index is 1.86. The zero-order chi connectivity index (χ0) is 17.3. The average molecular weight is 410 g/mol. The highest BCUT2D eigenvalue weighted by Crippen LogP contribution is 2.34. The lowest BCUT2D eigenvalue weighted by atomic mass is 10.1. The van der Waals surface area contributed by atoms with Crippen molar-refractivity contribution in [3.8, 4) is 0 Å². The van der Waals surface area contributed by atoms with Crippen LogP contribution in [0.25, 0.3) is 0 Å². The molecule has 1 N–H and O–H groups in total. The summed E-state index contributed by atoms with van der Waals surface area (Å²) in [4.78, 5) is 10.8. The van der Waals surface area contributed by atoms with E-state index in [4.69, 9.17) is 5.11 Å². The van der Waals surface area contributed by atoms with E-state index in [9.17, 15) is 13.2 Å². The van der Waals surface area contributed by atoms with Gasteiger partial charge in [-0.1, -0.05) is 28.1 Å². The van der Waals surface area contributed by atoms with Crippen molar-refractivity contribution in [1.82, 2.24) is 0 Å². The maximum atomic E-state index is 12.9. The summed E-state index contributed by atoms with van der Waals surface area (Å²) < 4.78 is 28.1. The van der Waals surface area contributed by atoms with Gasteiger partial charge in [0.05, 0.1) is 10.6 Å². The van der Waals surface area contributed by atoms with E-state index in [-0.39, 0.29) is 11.3 Å². The van der Waals surface area contributed by atoms with Gasteiger partial charge >= 0.3 is 5.97 Å². The van der Waals surface area contributed by atoms with Crippen LogP contribution in [0.15, 0.2) is 51.8 Å². The highest BCUT2D eigenvalue weighted by Gasteiger charge is 2.30. The molecule has 0 fully saturated rings. The van der Waals surface area contributed by atoms with E-state index in [1.807, 2.05) is 18.2 Å². The SMILES string of the molecule is O=C(O)CCc1ccc(S(=O)(=O)N2CCc3cc(Br)ccc32)cc1. The Bertz CT molecular complexity index is 878. The fourth-order valence-corrected chi connectivity index (χ4v) is 4.71. The van der Waals surface area contributed by atoms with Gasteiger partial charge in [0.25, 0.3) is 10.0 Å². The maximum Gasteiger partial charge on any atom is 0.303 e. The molecule has 0 saturated heterocycles. The number of carboxylic acid groups (broad SMARTS) is 1. The number of anilines is 1. The van der Waals surface area contributed by atoms with E-state index in [0.717, 1.165) is 15.6 Å². The second-order valence-corrected chi connectivity index (χ2v) is 8.42. The van der Waals surface area contributed by atoms with Crippen molar-refractivity contribution >= 4 is 37.6 Å². The predicted octanol–water partition coefficient (Wildman–Crippen LogP) is 3.22. The summed E-state index contributed by atoms with van der Waals surface area (Å²) >= 11 is 3.40. The Morgan fingerprint density at radius 3 is 2.54 bits per heavy atom. The van der Waals surface area contributed by atoms with E-state index in [2.05, 4.69) is 15.9 Å². The van der Waals surface area contributed by atoms with Gasteiger partial charge in [0.15, 0.2) is 0 Å². The van der Waals surface area contributed by atoms with Crippen LogP contribution in [-0.2, 0) is 27.7 Å². The number of rotatable bonds is 5. The van der Waals surface area contributed by atoms with Gasteiger partial charge in [-0.05, 0) is 54.3 Å². The lowest BCUT2D eigenvalue weighted by Crippen LogP contribution is -2.29. The van der Waals surface area contributed by atoms with Crippen LogP contribution >= 0.6 is 15.9 Å². The molecule has 1 aliphatic rings. The van der Waals surface area contributed by atoms with Crippen LogP contribution in [0, 0.1) is 0 Å². The zero-order valence-electron chi connectivity index (χ0n) is 12.8. The van der Waals surface area contributed by atoms with E-state index in [0.29, 0.717) is 25.1 Å². The second-order valence-electron chi connectivity index (χ2n) is 5.64. The lowest BCUT2D eigenvalue weighted by molar-refractivity contribution is -0.136. The molecule has 0 saturated carbocycles. The number of aliphatic carboxylic acids is 1. The van der Waals surface area contributed by atoms with Crippen molar-refractivity contribution in [3.05, 3.63) is 58.1 Å². The summed E-state index contributed by atoms with van der Waals surface area (Å²) in [6.07, 6.45) is 1.10. The largest absolute Gasteiger partial charge is 0.481 e. The van der Waals surface area contributed by atoms with Gasteiger partial charge in [0.2, 0.25) is 0 Å². The second kappa shape index (κ2) is 6.57. The van der Waals surface area contributed by atoms with E-state index >= 15 is 0 Å². The zero-order valence-corrected chi connectivity index (χ0v) is 15.2. The van der Waals surface area contributed by atoms with Crippen LogP contribution in [0.2, 0.25) is 0 Å². The Labute approximate surface area is 149 Å². The van der Waals surface area contributed by atoms with Crippen molar-refractivity contribution in [1.29, 1.82) is 0 Å². The molecule has 0 unspecified atom stereocenters. The molecule has 0 aromatic heterocycles. The number of hydrogen-bond acceptors (Lipinski definition) is 3. The van der Waals surface area contributed by atoms with Gasteiger partial charge < -0.3 is 5.11 Å². The van der Waals surface area contributed by atoms with Gasteiger partial charge in [0.1, 0.15) is 0 Å². The van der Waals surface area contributed by atoms with Crippen LogP contribution in [0.4, 0.5) is 5.69 Å². The summed E-state index contributed by atoms with van der Waals surface area (Å²) in [5.41, 5.74) is 2.53. The van der Waals surface area contributed by atoms with Crippen molar-refractivity contribution in [2.24, 2.45) is 0 Å². The molecule has 0 amide bonds. The lowest BCUT2D eigenvalue weighted by Gasteiger charge is -2.19. The predicted molar refractivity (Wildman–Crippen MR) is 94.8 cm³/mol. The number of fused-ring (bicyclic) bond motifs is 1. The van der Waals surface area contributed by atoms with Crippen molar-refractivity contribution in [3.63, 3.8) is 0 Å². The number of carboxylic acids is 1. The van der Waals surface area contributed by atoms with Crippen molar-refractivity contribution in [2.75, 3.05) is 10.8 Å². The standard InChI is InChI=1S/C17H16BrNO4S/c18-14-4-7-16-13(11-14)9-10-19(16)24(22,23)15-5-1-12(2-6-15)3-8-17(20)21/h1-2,4-7,11H,3,8-10H2,(H,20,21). The Morgan fingerprint density at radius 2 is 1.88 bits per heavy atom. The minimum Gasteiger partial charge on any atom is -0.481 e. The van der Waals surface area contributed by atoms with Crippen LogP contribution < -0.4 is 4.31 Å². The first kappa shape index (κ1) is 17.0. The average Bonchev–Trinajstić information content (AvgIpc) is 2.97. The third-order valence-electron chi connectivity index (χ3n) is 4.03. The fourth-order valence-electron chi connectivity index (χ4n) is 2.80. The smallest absolute Gasteiger partial charge is 0.303 e. The molecule has 0 aliphatic carbocycles. The number of carbonyl (C=O) groups is 1. The Morgan fingerprint density at radius 1 is 1.17 bits per heavy atom. The number of aryl methyl sites for hydroxylation is 1. The molecule has 0 bridgehead atoms. The van der Waals surface area contributed by atoms with E-state index in [1.165, 1.54) is 4.31 Å². The summed E-state index contributed by atoms with van der Waals surface area (Å²) in [5.74, 6) is -0.869. The molecule has 2 aromatic rings. The normalized spacial score (nSPS) is 13.8. The van der Waals surface area contributed by atoms with Crippen molar-refractivity contribution in [2.45, 2.75) is 24.2 Å². The number of nitrogens with zero attached hydrogens (tertiary/aromatic N) is 1. The van der Waals surface area contributed by atoms with E-state index < -0.39 is 16.0 Å². The highest BCUT2D eigenvalue weighted by molar-refractivity contribution is 9.10. The summed E-state index contributed by atoms with van der Waals surface area (Å²) in [6.45, 7) is 0.425. The molecular formula is C17H16BrNO4S. The molecule has 0 radical (unpaired) electrons. The summed E-state index contributed by atoms with van der Waals surface area (Å²) in [5, 5.41) is 8.71. The van der Waals surface area contributed by atoms with Crippen LogP contribution in [0.1, 0.15) is 17.5 Å². The molecule has 0 spiro atoms. The number of hydrogen-bond donors (Lipinski definition) is 1. The monoisotopic (exact) mass is 409 g/mol. The van der Waals surface area contributed by atoms with Crippen LogP contribution in [0.3, 0.4) is 0 Å². The molecule has 0 atom stereocenters. The molecule has 7 heteroatoms. The quantitative estimate of drug-likeness (QED) is 0.822. The highest BCUT2D eigenvalue weighted by atomic mass is 79.9. The van der Waals surface area contributed by atoms with Crippen LogP contribution in [0.5, 0.6) is 0 Å². The number of benzene rings is 2. The van der Waals surface area contributed by atoms with Crippen LogP contribution in [-0.4, -0.2) is 26.0 Å². The Kier molecular flexibility index (Phi) is 4.64. The molecule has 1 heterocycles. The molecule has 24 heavy (non-hydrogen) atoms. The third-order valence-corrected chi connectivity index (χ3v) is 6.35. The maximum absolute atomic E-state index is 12.9. The van der Waals surface area contributed by atoms with Gasteiger partial charge in [-0.15, -0.1) is 0 Å². The molecule has 5 nitrogen and oxygen atoms in total. The first-order valence-electron chi connectivity index (χ1n) is 7.50. The van der Waals surface area contributed by atoms with E-state index in [1.54, 1.807) is 24.3 Å².